The molecule has 16 heavy (non-hydrogen) atoms. The summed E-state index contributed by atoms with van der Waals surface area (Å²) in [7, 11) is 0. The topological polar surface area (TPSA) is 77.2 Å². The molecule has 0 bridgehead atoms. The zero-order chi connectivity index (χ0) is 11.6. The van der Waals surface area contributed by atoms with E-state index < -0.39 is 0 Å². The third kappa shape index (κ3) is 2.51. The Hall–Kier alpha value is -1.14. The Morgan fingerprint density at radius 2 is 2.56 bits per heavy atom. The number of hydrogen-bond donors (Lipinski definition) is 2. The lowest BCUT2D eigenvalue weighted by molar-refractivity contribution is 0.0271. The van der Waals surface area contributed by atoms with Crippen molar-refractivity contribution in [1.82, 2.24) is 10.3 Å². The quantitative estimate of drug-likeness (QED) is 0.810. The molecule has 1 aliphatic rings. The van der Waals surface area contributed by atoms with Crippen LogP contribution in [0.1, 0.15) is 30.3 Å². The molecular formula is C10H15N3O2S. The minimum absolute atomic E-state index is 0.180. The van der Waals surface area contributed by atoms with Gasteiger partial charge in [0.15, 0.2) is 5.13 Å². The highest BCUT2D eigenvalue weighted by Crippen LogP contribution is 2.19. The molecule has 1 amide bonds. The van der Waals surface area contributed by atoms with Gasteiger partial charge in [0.05, 0.1) is 12.1 Å². The molecule has 5 nitrogen and oxygen atoms in total. The number of hydrogen-bond acceptors (Lipinski definition) is 5. The third-order valence-corrected chi connectivity index (χ3v) is 3.28. The smallest absolute Gasteiger partial charge is 0.271 e. The minimum Gasteiger partial charge on any atom is -0.379 e. The average molecular weight is 241 g/mol. The molecule has 1 aliphatic heterocycles. The van der Waals surface area contributed by atoms with Crippen molar-refractivity contribution in [2.24, 2.45) is 0 Å². The Kier molecular flexibility index (Phi) is 3.11. The Bertz CT molecular complexity index is 385. The van der Waals surface area contributed by atoms with E-state index in [0.717, 1.165) is 19.4 Å². The highest BCUT2D eigenvalue weighted by Gasteiger charge is 2.30. The zero-order valence-corrected chi connectivity index (χ0v) is 9.97. The molecular weight excluding hydrogens is 226 g/mol. The summed E-state index contributed by atoms with van der Waals surface area (Å²) in [6.45, 7) is 3.31. The highest BCUT2D eigenvalue weighted by molar-refractivity contribution is 7.13. The first kappa shape index (κ1) is 11.3. The summed E-state index contributed by atoms with van der Waals surface area (Å²) in [5.74, 6) is -0.180. The summed E-state index contributed by atoms with van der Waals surface area (Å²) in [6, 6.07) is 0. The van der Waals surface area contributed by atoms with Crippen LogP contribution in [0.3, 0.4) is 0 Å². The summed E-state index contributed by atoms with van der Waals surface area (Å²) >= 11 is 1.27. The molecule has 88 valence electrons. The fraction of sp³-hybridized carbons (Fsp3) is 0.600. The van der Waals surface area contributed by atoms with Crippen LogP contribution in [0.2, 0.25) is 0 Å². The molecule has 3 N–H and O–H groups in total. The number of aromatic nitrogens is 1. The van der Waals surface area contributed by atoms with Crippen molar-refractivity contribution in [3.63, 3.8) is 0 Å². The highest BCUT2D eigenvalue weighted by atomic mass is 32.1. The fourth-order valence-electron chi connectivity index (χ4n) is 1.76. The van der Waals surface area contributed by atoms with Crippen LogP contribution in [0, 0.1) is 0 Å². The summed E-state index contributed by atoms with van der Waals surface area (Å²) in [4.78, 5) is 15.8. The molecule has 1 saturated heterocycles. The van der Waals surface area contributed by atoms with Gasteiger partial charge in [-0.05, 0) is 19.8 Å². The second-order valence-corrected chi connectivity index (χ2v) is 5.13. The standard InChI is InChI=1S/C10H15N3O2S/c1-10(3-2-4-15-6-10)13-8(14)7-5-16-9(11)12-7/h5H,2-4,6H2,1H3,(H2,11,12)(H,13,14). The molecule has 2 heterocycles. The summed E-state index contributed by atoms with van der Waals surface area (Å²) in [5, 5.41) is 5.03. The number of nitrogens with one attached hydrogen (secondary N) is 1. The maximum Gasteiger partial charge on any atom is 0.271 e. The number of nitrogens with zero attached hydrogens (tertiary/aromatic N) is 1. The van der Waals surface area contributed by atoms with E-state index in [4.69, 9.17) is 10.5 Å². The lowest BCUT2D eigenvalue weighted by Crippen LogP contribution is -2.51. The second kappa shape index (κ2) is 4.39. The molecule has 0 spiro atoms. The number of rotatable bonds is 2. The number of carbonyl (C=O) groups is 1. The van der Waals surface area contributed by atoms with Crippen molar-refractivity contribution in [2.75, 3.05) is 18.9 Å². The number of nitrogen functional groups attached to an aromatic ring is 1. The molecule has 1 aromatic rings. The molecule has 1 unspecified atom stereocenters. The first-order chi connectivity index (χ1) is 7.59. The third-order valence-electron chi connectivity index (χ3n) is 2.61. The molecule has 1 fully saturated rings. The SMILES string of the molecule is CC1(NC(=O)c2csc(N)n2)CCCOC1. The fourth-order valence-corrected chi connectivity index (χ4v) is 2.31. The predicted octanol–water partition coefficient (Wildman–Crippen LogP) is 1.02. The maximum absolute atomic E-state index is 11.9. The first-order valence-electron chi connectivity index (χ1n) is 5.20. The number of amides is 1. The van der Waals surface area contributed by atoms with Gasteiger partial charge in [-0.3, -0.25) is 4.79 Å². The van der Waals surface area contributed by atoms with Gasteiger partial charge in [0.2, 0.25) is 0 Å². The van der Waals surface area contributed by atoms with Gasteiger partial charge in [-0.1, -0.05) is 0 Å². The van der Waals surface area contributed by atoms with E-state index in [1.54, 1.807) is 5.38 Å². The normalized spacial score (nSPS) is 25.3. The molecule has 0 saturated carbocycles. The van der Waals surface area contributed by atoms with Crippen LogP contribution in [-0.4, -0.2) is 29.6 Å². The second-order valence-electron chi connectivity index (χ2n) is 4.24. The first-order valence-corrected chi connectivity index (χ1v) is 6.08. The van der Waals surface area contributed by atoms with Crippen LogP contribution >= 0.6 is 11.3 Å². The van der Waals surface area contributed by atoms with Gasteiger partial charge >= 0.3 is 0 Å². The van der Waals surface area contributed by atoms with E-state index >= 15 is 0 Å². The number of nitrogens with two attached hydrogens (primary N) is 1. The lowest BCUT2D eigenvalue weighted by Gasteiger charge is -2.34. The largest absolute Gasteiger partial charge is 0.379 e. The van der Waals surface area contributed by atoms with Gasteiger partial charge < -0.3 is 15.8 Å². The van der Waals surface area contributed by atoms with Gasteiger partial charge in [0.1, 0.15) is 5.69 Å². The molecule has 2 rings (SSSR count). The van der Waals surface area contributed by atoms with Crippen molar-refractivity contribution in [3.05, 3.63) is 11.1 Å². The summed E-state index contributed by atoms with van der Waals surface area (Å²) in [5.41, 5.74) is 5.58. The predicted molar refractivity (Wildman–Crippen MR) is 62.5 cm³/mol. The molecule has 6 heteroatoms. The van der Waals surface area contributed by atoms with E-state index in [2.05, 4.69) is 10.3 Å². The van der Waals surface area contributed by atoms with Crippen molar-refractivity contribution < 1.29 is 9.53 Å². The van der Waals surface area contributed by atoms with Crippen molar-refractivity contribution >= 4 is 22.4 Å². The van der Waals surface area contributed by atoms with Crippen LogP contribution in [0.15, 0.2) is 5.38 Å². The minimum atomic E-state index is -0.284. The average Bonchev–Trinajstić information content (AvgIpc) is 2.65. The molecule has 1 aromatic heterocycles. The number of thiazole rings is 1. The monoisotopic (exact) mass is 241 g/mol. The number of anilines is 1. The van der Waals surface area contributed by atoms with Gasteiger partial charge in [0.25, 0.3) is 5.91 Å². The maximum atomic E-state index is 11.9. The summed E-state index contributed by atoms with van der Waals surface area (Å²) < 4.78 is 5.37. The van der Waals surface area contributed by atoms with Crippen LogP contribution in [0.4, 0.5) is 5.13 Å². The van der Waals surface area contributed by atoms with Gasteiger partial charge in [-0.15, -0.1) is 11.3 Å². The van der Waals surface area contributed by atoms with Crippen LogP contribution in [0.25, 0.3) is 0 Å². The van der Waals surface area contributed by atoms with Gasteiger partial charge in [-0.25, -0.2) is 4.98 Å². The Morgan fingerprint density at radius 1 is 1.75 bits per heavy atom. The van der Waals surface area contributed by atoms with Gasteiger partial charge in [-0.2, -0.15) is 0 Å². The summed E-state index contributed by atoms with van der Waals surface area (Å²) in [6.07, 6.45) is 1.90. The van der Waals surface area contributed by atoms with E-state index in [-0.39, 0.29) is 11.4 Å². The number of carbonyl (C=O) groups excluding carboxylic acids is 1. The lowest BCUT2D eigenvalue weighted by atomic mass is 9.95. The molecule has 1 atom stereocenters. The van der Waals surface area contributed by atoms with E-state index in [0.29, 0.717) is 17.4 Å². The van der Waals surface area contributed by atoms with Gasteiger partial charge in [0, 0.05) is 12.0 Å². The Labute approximate surface area is 98.0 Å². The Balaban J connectivity index is 2.01. The van der Waals surface area contributed by atoms with Crippen LogP contribution < -0.4 is 11.1 Å². The molecule has 0 radical (unpaired) electrons. The molecule has 0 aliphatic carbocycles. The van der Waals surface area contributed by atoms with E-state index in [9.17, 15) is 4.79 Å². The van der Waals surface area contributed by atoms with Crippen molar-refractivity contribution in [1.29, 1.82) is 0 Å². The molecule has 0 aromatic carbocycles. The van der Waals surface area contributed by atoms with Crippen LogP contribution in [-0.2, 0) is 4.74 Å². The van der Waals surface area contributed by atoms with E-state index in [1.165, 1.54) is 11.3 Å². The van der Waals surface area contributed by atoms with Crippen molar-refractivity contribution in [2.45, 2.75) is 25.3 Å². The van der Waals surface area contributed by atoms with E-state index in [1.807, 2.05) is 6.92 Å². The Morgan fingerprint density at radius 3 is 3.12 bits per heavy atom. The van der Waals surface area contributed by atoms with Crippen LogP contribution in [0.5, 0.6) is 0 Å². The van der Waals surface area contributed by atoms with Crippen molar-refractivity contribution in [3.8, 4) is 0 Å². The zero-order valence-electron chi connectivity index (χ0n) is 9.16. The number of ether oxygens (including phenoxy) is 1.